The first-order chi connectivity index (χ1) is 8.10. The minimum absolute atomic E-state index is 0.258. The SMILES string of the molecule is CCCN(C(C)C)C(CN)c1cccc(Cl)c1. The van der Waals surface area contributed by atoms with Crippen molar-refractivity contribution in [1.29, 1.82) is 0 Å². The second-order valence-corrected chi connectivity index (χ2v) is 5.07. The number of hydrogen-bond acceptors (Lipinski definition) is 2. The van der Waals surface area contributed by atoms with Gasteiger partial charge in [0, 0.05) is 23.7 Å². The average molecular weight is 255 g/mol. The summed E-state index contributed by atoms with van der Waals surface area (Å²) in [6, 6.07) is 8.76. The lowest BCUT2D eigenvalue weighted by molar-refractivity contribution is 0.157. The van der Waals surface area contributed by atoms with E-state index in [0.717, 1.165) is 18.0 Å². The molecule has 0 aliphatic carbocycles. The number of halogens is 1. The lowest BCUT2D eigenvalue weighted by Crippen LogP contribution is -2.39. The number of nitrogens with two attached hydrogens (primary N) is 1. The van der Waals surface area contributed by atoms with Crippen molar-refractivity contribution in [3.8, 4) is 0 Å². The molecular formula is C14H23ClN2. The molecule has 96 valence electrons. The maximum atomic E-state index is 6.05. The Morgan fingerprint density at radius 2 is 2.06 bits per heavy atom. The van der Waals surface area contributed by atoms with E-state index in [1.807, 2.05) is 18.2 Å². The van der Waals surface area contributed by atoms with Gasteiger partial charge in [-0.05, 0) is 44.5 Å². The monoisotopic (exact) mass is 254 g/mol. The minimum Gasteiger partial charge on any atom is -0.329 e. The molecule has 0 heterocycles. The quantitative estimate of drug-likeness (QED) is 0.843. The van der Waals surface area contributed by atoms with Crippen LogP contribution in [-0.2, 0) is 0 Å². The van der Waals surface area contributed by atoms with Crippen molar-refractivity contribution in [1.82, 2.24) is 4.90 Å². The molecule has 17 heavy (non-hydrogen) atoms. The van der Waals surface area contributed by atoms with Gasteiger partial charge in [-0.2, -0.15) is 0 Å². The summed E-state index contributed by atoms with van der Waals surface area (Å²) < 4.78 is 0. The van der Waals surface area contributed by atoms with E-state index in [1.54, 1.807) is 0 Å². The third kappa shape index (κ3) is 3.98. The lowest BCUT2D eigenvalue weighted by atomic mass is 10.0. The van der Waals surface area contributed by atoms with Gasteiger partial charge in [0.1, 0.15) is 0 Å². The van der Waals surface area contributed by atoms with Crippen LogP contribution in [-0.4, -0.2) is 24.0 Å². The van der Waals surface area contributed by atoms with E-state index in [9.17, 15) is 0 Å². The molecule has 0 aromatic heterocycles. The molecule has 1 unspecified atom stereocenters. The predicted molar refractivity (Wildman–Crippen MR) is 75.4 cm³/mol. The van der Waals surface area contributed by atoms with Crippen molar-refractivity contribution in [3.63, 3.8) is 0 Å². The van der Waals surface area contributed by atoms with Crippen molar-refractivity contribution in [3.05, 3.63) is 34.9 Å². The summed E-state index contributed by atoms with van der Waals surface area (Å²) in [5, 5.41) is 0.779. The van der Waals surface area contributed by atoms with Gasteiger partial charge in [0.25, 0.3) is 0 Å². The van der Waals surface area contributed by atoms with Gasteiger partial charge in [0.2, 0.25) is 0 Å². The molecule has 0 amide bonds. The second-order valence-electron chi connectivity index (χ2n) is 4.64. The van der Waals surface area contributed by atoms with Gasteiger partial charge >= 0.3 is 0 Å². The van der Waals surface area contributed by atoms with Gasteiger partial charge in [-0.15, -0.1) is 0 Å². The van der Waals surface area contributed by atoms with E-state index in [-0.39, 0.29) is 6.04 Å². The Kier molecular flexibility index (Phi) is 5.96. The molecule has 1 aromatic rings. The zero-order chi connectivity index (χ0) is 12.8. The van der Waals surface area contributed by atoms with Gasteiger partial charge in [0.05, 0.1) is 0 Å². The number of rotatable bonds is 6. The Morgan fingerprint density at radius 1 is 1.35 bits per heavy atom. The molecule has 0 saturated heterocycles. The molecule has 0 aliphatic rings. The molecule has 0 aliphatic heterocycles. The summed E-state index contributed by atoms with van der Waals surface area (Å²) >= 11 is 6.05. The highest BCUT2D eigenvalue weighted by atomic mass is 35.5. The fourth-order valence-corrected chi connectivity index (χ4v) is 2.41. The van der Waals surface area contributed by atoms with Gasteiger partial charge in [-0.25, -0.2) is 0 Å². The lowest BCUT2D eigenvalue weighted by Gasteiger charge is -2.34. The molecule has 0 bridgehead atoms. The topological polar surface area (TPSA) is 29.3 Å². The Hall–Kier alpha value is -0.570. The molecular weight excluding hydrogens is 232 g/mol. The van der Waals surface area contributed by atoms with E-state index in [2.05, 4.69) is 31.7 Å². The molecule has 1 rings (SSSR count). The highest BCUT2D eigenvalue weighted by Crippen LogP contribution is 2.24. The number of hydrogen-bond donors (Lipinski definition) is 1. The van der Waals surface area contributed by atoms with Crippen LogP contribution in [0.25, 0.3) is 0 Å². The van der Waals surface area contributed by atoms with E-state index in [1.165, 1.54) is 5.56 Å². The van der Waals surface area contributed by atoms with Crippen LogP contribution in [0.5, 0.6) is 0 Å². The van der Waals surface area contributed by atoms with Gasteiger partial charge < -0.3 is 5.73 Å². The van der Waals surface area contributed by atoms with Gasteiger partial charge in [-0.1, -0.05) is 30.7 Å². The van der Waals surface area contributed by atoms with Crippen LogP contribution < -0.4 is 5.73 Å². The van der Waals surface area contributed by atoms with Crippen LogP contribution in [0.15, 0.2) is 24.3 Å². The molecule has 0 fully saturated rings. The third-order valence-corrected chi connectivity index (χ3v) is 3.24. The van der Waals surface area contributed by atoms with Crippen LogP contribution in [0.2, 0.25) is 5.02 Å². The van der Waals surface area contributed by atoms with Crippen LogP contribution in [0.3, 0.4) is 0 Å². The summed E-state index contributed by atoms with van der Waals surface area (Å²) in [5.41, 5.74) is 7.15. The minimum atomic E-state index is 0.258. The summed E-state index contributed by atoms with van der Waals surface area (Å²) in [6.45, 7) is 8.30. The fraction of sp³-hybridized carbons (Fsp3) is 0.571. The number of benzene rings is 1. The Balaban J connectivity index is 2.95. The average Bonchev–Trinajstić information content (AvgIpc) is 2.29. The summed E-state index contributed by atoms with van der Waals surface area (Å²) in [5.74, 6) is 0. The summed E-state index contributed by atoms with van der Waals surface area (Å²) in [6.07, 6.45) is 1.13. The predicted octanol–water partition coefficient (Wildman–Crippen LogP) is 3.46. The summed E-state index contributed by atoms with van der Waals surface area (Å²) in [7, 11) is 0. The zero-order valence-corrected chi connectivity index (χ0v) is 11.7. The highest BCUT2D eigenvalue weighted by Gasteiger charge is 2.20. The maximum Gasteiger partial charge on any atom is 0.0473 e. The fourth-order valence-electron chi connectivity index (χ4n) is 2.21. The molecule has 1 aromatic carbocycles. The van der Waals surface area contributed by atoms with E-state index < -0.39 is 0 Å². The van der Waals surface area contributed by atoms with Gasteiger partial charge in [0.15, 0.2) is 0 Å². The van der Waals surface area contributed by atoms with Crippen molar-refractivity contribution < 1.29 is 0 Å². The zero-order valence-electron chi connectivity index (χ0n) is 11.0. The van der Waals surface area contributed by atoms with Crippen LogP contribution in [0, 0.1) is 0 Å². The largest absolute Gasteiger partial charge is 0.329 e. The Bertz CT molecular complexity index is 339. The van der Waals surface area contributed by atoms with Gasteiger partial charge in [-0.3, -0.25) is 4.90 Å². The molecule has 2 N–H and O–H groups in total. The molecule has 0 radical (unpaired) electrons. The first kappa shape index (κ1) is 14.5. The summed E-state index contributed by atoms with van der Waals surface area (Å²) in [4.78, 5) is 2.44. The maximum absolute atomic E-state index is 6.05. The van der Waals surface area contributed by atoms with Crippen molar-refractivity contribution in [2.24, 2.45) is 5.73 Å². The smallest absolute Gasteiger partial charge is 0.0473 e. The normalized spacial score (nSPS) is 13.4. The molecule has 3 heteroatoms. The van der Waals surface area contributed by atoms with Crippen molar-refractivity contribution in [2.45, 2.75) is 39.3 Å². The van der Waals surface area contributed by atoms with Crippen LogP contribution in [0.1, 0.15) is 38.8 Å². The van der Waals surface area contributed by atoms with E-state index in [0.29, 0.717) is 12.6 Å². The highest BCUT2D eigenvalue weighted by molar-refractivity contribution is 6.30. The number of nitrogens with zero attached hydrogens (tertiary/aromatic N) is 1. The van der Waals surface area contributed by atoms with E-state index >= 15 is 0 Å². The first-order valence-corrected chi connectivity index (χ1v) is 6.69. The third-order valence-electron chi connectivity index (χ3n) is 3.00. The van der Waals surface area contributed by atoms with Crippen LogP contribution in [0.4, 0.5) is 0 Å². The Labute approximate surface area is 110 Å². The second kappa shape index (κ2) is 7.00. The van der Waals surface area contributed by atoms with Crippen molar-refractivity contribution in [2.75, 3.05) is 13.1 Å². The van der Waals surface area contributed by atoms with E-state index in [4.69, 9.17) is 17.3 Å². The molecule has 2 nitrogen and oxygen atoms in total. The van der Waals surface area contributed by atoms with Crippen molar-refractivity contribution >= 4 is 11.6 Å². The standard InChI is InChI=1S/C14H23ClN2/c1-4-8-17(11(2)3)14(10-16)12-6-5-7-13(15)9-12/h5-7,9,11,14H,4,8,10,16H2,1-3H3. The van der Waals surface area contributed by atoms with Crippen LogP contribution >= 0.6 is 11.6 Å². The molecule has 0 saturated carbocycles. The molecule has 1 atom stereocenters. The Morgan fingerprint density at radius 3 is 2.53 bits per heavy atom. The first-order valence-electron chi connectivity index (χ1n) is 6.31. The molecule has 0 spiro atoms.